The molecule has 0 saturated carbocycles. The van der Waals surface area contributed by atoms with Crippen molar-refractivity contribution >= 4 is 35.1 Å². The van der Waals surface area contributed by atoms with Gasteiger partial charge in [0.1, 0.15) is 0 Å². The number of hydrogen-bond donors (Lipinski definition) is 2. The predicted molar refractivity (Wildman–Crippen MR) is 132 cm³/mol. The van der Waals surface area contributed by atoms with E-state index in [1.807, 2.05) is 24.3 Å². The minimum atomic E-state index is -4.33. The maximum Gasteiger partial charge on any atom is 0.416 e. The lowest BCUT2D eigenvalue weighted by Gasteiger charge is -2.35. The van der Waals surface area contributed by atoms with E-state index in [2.05, 4.69) is 21.7 Å². The van der Waals surface area contributed by atoms with Gasteiger partial charge in [0.05, 0.1) is 16.9 Å². The summed E-state index contributed by atoms with van der Waals surface area (Å²) in [6.07, 6.45) is -2.30. The number of halogens is 3. The number of rotatable bonds is 6. The molecule has 0 aliphatic carbocycles. The summed E-state index contributed by atoms with van der Waals surface area (Å²) in [6.45, 7) is 5.92. The van der Waals surface area contributed by atoms with Crippen molar-refractivity contribution in [2.24, 2.45) is 0 Å². The number of fused-ring (bicyclic) bond motifs is 2. The van der Waals surface area contributed by atoms with Gasteiger partial charge in [-0.05, 0) is 50.3 Å². The number of alkyl halides is 3. The van der Waals surface area contributed by atoms with E-state index >= 15 is 0 Å². The highest BCUT2D eigenvalue weighted by atomic mass is 32.2. The largest absolute Gasteiger partial charge is 0.478 e. The van der Waals surface area contributed by atoms with Crippen molar-refractivity contribution in [2.75, 3.05) is 51.2 Å². The van der Waals surface area contributed by atoms with Crippen LogP contribution in [0.15, 0.2) is 64.4 Å². The van der Waals surface area contributed by atoms with E-state index in [0.29, 0.717) is 24.4 Å². The molecular formula is C25H28F3N3O4S. The number of hydrogen-bond acceptors (Lipinski definition) is 6. The minimum absolute atomic E-state index is 0.558. The van der Waals surface area contributed by atoms with Crippen LogP contribution in [0.2, 0.25) is 0 Å². The smallest absolute Gasteiger partial charge is 0.416 e. The van der Waals surface area contributed by atoms with Crippen LogP contribution in [0.25, 0.3) is 0 Å². The summed E-state index contributed by atoms with van der Waals surface area (Å²) in [7, 11) is 2.13. The standard InChI is InChI=1S/C21H24F3N3S.C4H4O4/c1-25-11-13-26(14-12-25)9-4-10-27-17-5-2-3-6-19(17)28-20-8-7-16(15-18(20)27)21(22,23)24;5-3(6)1-2-4(7)8/h2-3,5-8,15H,4,9-14H2,1H3;1-2H,(H,5,6)(H,7,8). The Bertz CT molecular complexity index is 1090. The van der Waals surface area contributed by atoms with E-state index in [1.54, 1.807) is 17.8 Å². The SMILES string of the molecule is CN1CCN(CCCN2c3ccccc3Sc3ccc(C(F)(F)F)cc32)CC1.O=C(O)C=CC(=O)O. The zero-order valence-corrected chi connectivity index (χ0v) is 20.6. The molecule has 11 heteroatoms. The van der Waals surface area contributed by atoms with Crippen molar-refractivity contribution < 1.29 is 33.0 Å². The molecule has 2 aromatic carbocycles. The van der Waals surface area contributed by atoms with Crippen LogP contribution in [0, 0.1) is 0 Å². The van der Waals surface area contributed by atoms with Gasteiger partial charge in [0.2, 0.25) is 0 Å². The fraction of sp³-hybridized carbons (Fsp3) is 0.360. The van der Waals surface area contributed by atoms with Crippen LogP contribution in [0.5, 0.6) is 0 Å². The van der Waals surface area contributed by atoms with E-state index in [1.165, 1.54) is 12.1 Å². The van der Waals surface area contributed by atoms with E-state index in [-0.39, 0.29) is 0 Å². The lowest BCUT2D eigenvalue weighted by atomic mass is 10.1. The Balaban J connectivity index is 0.000000392. The van der Waals surface area contributed by atoms with Crippen molar-refractivity contribution in [3.63, 3.8) is 0 Å². The zero-order valence-electron chi connectivity index (χ0n) is 19.7. The van der Waals surface area contributed by atoms with Crippen LogP contribution in [0.1, 0.15) is 12.0 Å². The van der Waals surface area contributed by atoms with E-state index in [0.717, 1.165) is 54.6 Å². The van der Waals surface area contributed by atoms with E-state index in [9.17, 15) is 22.8 Å². The third kappa shape index (κ3) is 7.74. The second-order valence-electron chi connectivity index (χ2n) is 8.41. The number of aliphatic carboxylic acids is 2. The number of nitrogens with zero attached hydrogens (tertiary/aromatic N) is 3. The van der Waals surface area contributed by atoms with Gasteiger partial charge in [0.15, 0.2) is 0 Å². The molecule has 0 aromatic heterocycles. The molecule has 0 unspecified atom stereocenters. The molecule has 2 N–H and O–H groups in total. The Labute approximate surface area is 211 Å². The number of para-hydroxylation sites is 1. The Hall–Kier alpha value is -3.02. The first-order chi connectivity index (χ1) is 17.0. The van der Waals surface area contributed by atoms with Crippen LogP contribution in [0.4, 0.5) is 24.5 Å². The third-order valence-electron chi connectivity index (χ3n) is 5.77. The lowest BCUT2D eigenvalue weighted by molar-refractivity contribution is -0.137. The van der Waals surface area contributed by atoms with Gasteiger partial charge in [-0.25, -0.2) is 9.59 Å². The first-order valence-corrected chi connectivity index (χ1v) is 12.2. The second kappa shape index (κ2) is 12.3. The Morgan fingerprint density at radius 3 is 2.14 bits per heavy atom. The molecule has 2 aromatic rings. The van der Waals surface area contributed by atoms with Crippen LogP contribution in [0.3, 0.4) is 0 Å². The summed E-state index contributed by atoms with van der Waals surface area (Å²) < 4.78 is 39.8. The van der Waals surface area contributed by atoms with Crippen molar-refractivity contribution in [1.29, 1.82) is 0 Å². The predicted octanol–water partition coefficient (Wildman–Crippen LogP) is 4.66. The number of piperazine rings is 1. The Morgan fingerprint density at radius 1 is 0.917 bits per heavy atom. The molecule has 4 rings (SSSR count). The molecule has 7 nitrogen and oxygen atoms in total. The second-order valence-corrected chi connectivity index (χ2v) is 9.49. The highest BCUT2D eigenvalue weighted by molar-refractivity contribution is 7.99. The maximum atomic E-state index is 13.3. The third-order valence-corrected chi connectivity index (χ3v) is 6.90. The number of benzene rings is 2. The molecule has 0 atom stereocenters. The molecule has 194 valence electrons. The molecule has 0 amide bonds. The minimum Gasteiger partial charge on any atom is -0.478 e. The topological polar surface area (TPSA) is 84.3 Å². The molecule has 0 radical (unpaired) electrons. The van der Waals surface area contributed by atoms with Crippen molar-refractivity contribution in [3.8, 4) is 0 Å². The van der Waals surface area contributed by atoms with Crippen LogP contribution in [-0.2, 0) is 15.8 Å². The molecule has 36 heavy (non-hydrogen) atoms. The van der Waals surface area contributed by atoms with Gasteiger partial charge < -0.3 is 24.9 Å². The van der Waals surface area contributed by atoms with Gasteiger partial charge in [-0.2, -0.15) is 13.2 Å². The summed E-state index contributed by atoms with van der Waals surface area (Å²) in [5, 5.41) is 15.6. The van der Waals surface area contributed by atoms with Gasteiger partial charge in [-0.1, -0.05) is 23.9 Å². The number of likely N-dealkylation sites (N-methyl/N-ethyl adjacent to an activating group) is 1. The summed E-state index contributed by atoms with van der Waals surface area (Å²) >= 11 is 1.54. The van der Waals surface area contributed by atoms with Crippen molar-refractivity contribution in [2.45, 2.75) is 22.4 Å². The zero-order chi connectivity index (χ0) is 26.3. The molecule has 0 spiro atoms. The monoisotopic (exact) mass is 523 g/mol. The summed E-state index contributed by atoms with van der Waals surface area (Å²) in [6, 6.07) is 12.0. The van der Waals surface area contributed by atoms with E-state index < -0.39 is 23.7 Å². The molecule has 1 fully saturated rings. The van der Waals surface area contributed by atoms with Crippen LogP contribution < -0.4 is 4.90 Å². The quantitative estimate of drug-likeness (QED) is 0.529. The Kier molecular flexibility index (Phi) is 9.41. The fourth-order valence-electron chi connectivity index (χ4n) is 3.91. The number of carbonyl (C=O) groups is 2. The lowest BCUT2D eigenvalue weighted by Crippen LogP contribution is -2.45. The van der Waals surface area contributed by atoms with Gasteiger partial charge in [-0.3, -0.25) is 0 Å². The maximum absolute atomic E-state index is 13.3. The van der Waals surface area contributed by atoms with Crippen LogP contribution in [-0.4, -0.2) is 78.3 Å². The first-order valence-electron chi connectivity index (χ1n) is 11.3. The normalized spacial score (nSPS) is 16.2. The highest BCUT2D eigenvalue weighted by Crippen LogP contribution is 2.49. The van der Waals surface area contributed by atoms with Gasteiger partial charge in [0, 0.05) is 54.7 Å². The van der Waals surface area contributed by atoms with Crippen LogP contribution >= 0.6 is 11.8 Å². The molecule has 2 aliphatic heterocycles. The highest BCUT2D eigenvalue weighted by Gasteiger charge is 2.33. The molecular weight excluding hydrogens is 495 g/mol. The molecule has 1 saturated heterocycles. The molecule has 0 bridgehead atoms. The summed E-state index contributed by atoms with van der Waals surface area (Å²) in [5.74, 6) is -2.51. The summed E-state index contributed by atoms with van der Waals surface area (Å²) in [5.41, 5.74) is 1.07. The first kappa shape index (κ1) is 27.6. The van der Waals surface area contributed by atoms with Gasteiger partial charge >= 0.3 is 18.1 Å². The summed E-state index contributed by atoms with van der Waals surface area (Å²) in [4.78, 5) is 27.9. The average Bonchev–Trinajstić information content (AvgIpc) is 2.83. The molecule has 2 aliphatic rings. The number of anilines is 2. The van der Waals surface area contributed by atoms with Gasteiger partial charge in [0.25, 0.3) is 0 Å². The van der Waals surface area contributed by atoms with E-state index in [4.69, 9.17) is 10.2 Å². The van der Waals surface area contributed by atoms with Crippen molar-refractivity contribution in [1.82, 2.24) is 9.80 Å². The number of carboxylic acids is 2. The number of carboxylic acid groups (broad SMARTS) is 2. The average molecular weight is 524 g/mol. The fourth-order valence-corrected chi connectivity index (χ4v) is 4.99. The van der Waals surface area contributed by atoms with Crippen molar-refractivity contribution in [3.05, 3.63) is 60.2 Å². The Morgan fingerprint density at radius 2 is 1.53 bits per heavy atom. The van der Waals surface area contributed by atoms with Gasteiger partial charge in [-0.15, -0.1) is 0 Å². The molecule has 2 heterocycles.